The highest BCUT2D eigenvalue weighted by Gasteiger charge is 2.13. The molecule has 0 saturated heterocycles. The van der Waals surface area contributed by atoms with Gasteiger partial charge in [-0.3, -0.25) is 4.79 Å². The van der Waals surface area contributed by atoms with Crippen LogP contribution in [0.5, 0.6) is 0 Å². The fraction of sp³-hybridized carbons (Fsp3) is 0.214. The van der Waals surface area contributed by atoms with Crippen molar-refractivity contribution < 1.29 is 9.53 Å². The lowest BCUT2D eigenvalue weighted by Gasteiger charge is -2.13. The Morgan fingerprint density at radius 2 is 2.35 bits per heavy atom. The van der Waals surface area contributed by atoms with Gasteiger partial charge in [0.05, 0.1) is 4.34 Å². The van der Waals surface area contributed by atoms with Gasteiger partial charge in [0.25, 0.3) is 0 Å². The molecule has 0 aliphatic heterocycles. The van der Waals surface area contributed by atoms with Gasteiger partial charge in [-0.25, -0.2) is 0 Å². The van der Waals surface area contributed by atoms with Crippen molar-refractivity contribution in [3.05, 3.63) is 49.8 Å². The Morgan fingerprint density at radius 3 is 2.95 bits per heavy atom. The second-order valence-electron chi connectivity index (χ2n) is 4.00. The van der Waals surface area contributed by atoms with Gasteiger partial charge in [-0.05, 0) is 40.6 Å². The summed E-state index contributed by atoms with van der Waals surface area (Å²) in [5.74, 6) is -0.138. The van der Waals surface area contributed by atoms with Gasteiger partial charge in [0, 0.05) is 24.6 Å². The maximum atomic E-state index is 11.7. The van der Waals surface area contributed by atoms with E-state index < -0.39 is 0 Å². The van der Waals surface area contributed by atoms with E-state index in [1.807, 2.05) is 29.0 Å². The minimum atomic E-state index is -0.175. The standard InChI is InChI=1S/C14H14ClNO2S2/c1-18-11(12-3-4-13(15)20-12)8-16-14(17)5-2-10-6-7-19-9-10/h2-7,9,11H,8H2,1H3,(H,16,17)/b5-2+/t11-/m0/s1. The summed E-state index contributed by atoms with van der Waals surface area (Å²) in [6.45, 7) is 0.417. The molecule has 20 heavy (non-hydrogen) atoms. The van der Waals surface area contributed by atoms with E-state index in [9.17, 15) is 4.79 Å². The number of carbonyl (C=O) groups excluding carboxylic acids is 1. The molecule has 0 fully saturated rings. The van der Waals surface area contributed by atoms with E-state index in [0.29, 0.717) is 10.9 Å². The monoisotopic (exact) mass is 327 g/mol. The van der Waals surface area contributed by atoms with Crippen molar-refractivity contribution >= 4 is 46.3 Å². The topological polar surface area (TPSA) is 38.3 Å². The molecule has 2 rings (SSSR count). The average Bonchev–Trinajstić information content (AvgIpc) is 3.09. The zero-order chi connectivity index (χ0) is 14.4. The third-order valence-electron chi connectivity index (χ3n) is 2.63. The number of hydrogen-bond donors (Lipinski definition) is 1. The molecule has 0 saturated carbocycles. The first-order chi connectivity index (χ1) is 9.69. The molecule has 1 atom stereocenters. The Labute approximate surface area is 130 Å². The van der Waals surface area contributed by atoms with Crippen molar-refractivity contribution in [1.82, 2.24) is 5.32 Å². The number of thiophene rings is 2. The van der Waals surface area contributed by atoms with E-state index >= 15 is 0 Å². The molecule has 106 valence electrons. The second kappa shape index (κ2) is 7.59. The molecule has 2 heterocycles. The molecule has 3 nitrogen and oxygen atoms in total. The van der Waals surface area contributed by atoms with E-state index in [4.69, 9.17) is 16.3 Å². The van der Waals surface area contributed by atoms with Gasteiger partial charge < -0.3 is 10.1 Å². The van der Waals surface area contributed by atoms with Crippen molar-refractivity contribution in [2.45, 2.75) is 6.10 Å². The maximum absolute atomic E-state index is 11.7. The zero-order valence-electron chi connectivity index (χ0n) is 10.8. The Kier molecular flexibility index (Phi) is 5.79. The van der Waals surface area contributed by atoms with Crippen LogP contribution in [0.2, 0.25) is 4.34 Å². The van der Waals surface area contributed by atoms with E-state index in [0.717, 1.165) is 10.4 Å². The molecule has 0 unspecified atom stereocenters. The first kappa shape index (κ1) is 15.3. The highest BCUT2D eigenvalue weighted by molar-refractivity contribution is 7.16. The molecule has 0 spiro atoms. The van der Waals surface area contributed by atoms with Gasteiger partial charge in [-0.15, -0.1) is 11.3 Å². The van der Waals surface area contributed by atoms with Crippen molar-refractivity contribution in [3.63, 3.8) is 0 Å². The number of methoxy groups -OCH3 is 1. The van der Waals surface area contributed by atoms with Crippen LogP contribution in [-0.4, -0.2) is 19.6 Å². The van der Waals surface area contributed by atoms with Crippen molar-refractivity contribution in [2.75, 3.05) is 13.7 Å². The van der Waals surface area contributed by atoms with Gasteiger partial charge in [-0.1, -0.05) is 11.6 Å². The molecular weight excluding hydrogens is 314 g/mol. The molecule has 2 aromatic rings. The number of hydrogen-bond acceptors (Lipinski definition) is 4. The predicted octanol–water partition coefficient (Wildman–Crippen LogP) is 3.98. The molecule has 1 amide bonds. The van der Waals surface area contributed by atoms with Crippen molar-refractivity contribution in [1.29, 1.82) is 0 Å². The van der Waals surface area contributed by atoms with Gasteiger partial charge in [0.2, 0.25) is 5.91 Å². The lowest BCUT2D eigenvalue weighted by molar-refractivity contribution is -0.117. The van der Waals surface area contributed by atoms with E-state index in [1.165, 1.54) is 17.4 Å². The van der Waals surface area contributed by atoms with Crippen LogP contribution in [-0.2, 0) is 9.53 Å². The van der Waals surface area contributed by atoms with Gasteiger partial charge in [0.1, 0.15) is 6.10 Å². The first-order valence-corrected chi connectivity index (χ1v) is 8.09. The van der Waals surface area contributed by atoms with Crippen LogP contribution in [0.15, 0.2) is 35.0 Å². The molecule has 1 N–H and O–H groups in total. The van der Waals surface area contributed by atoms with E-state index in [1.54, 1.807) is 24.5 Å². The van der Waals surface area contributed by atoms with Crippen molar-refractivity contribution in [2.24, 2.45) is 0 Å². The SMILES string of the molecule is CO[C@@H](CNC(=O)/C=C/c1ccsc1)c1ccc(Cl)s1. The summed E-state index contributed by atoms with van der Waals surface area (Å²) >= 11 is 8.95. The second-order valence-corrected chi connectivity index (χ2v) is 6.53. The molecule has 0 bridgehead atoms. The highest BCUT2D eigenvalue weighted by atomic mass is 35.5. The van der Waals surface area contributed by atoms with Crippen LogP contribution >= 0.6 is 34.3 Å². The summed E-state index contributed by atoms with van der Waals surface area (Å²) in [5, 5.41) is 6.77. The number of nitrogens with one attached hydrogen (secondary N) is 1. The Hall–Kier alpha value is -1.14. The van der Waals surface area contributed by atoms with Gasteiger partial charge in [0.15, 0.2) is 0 Å². The quantitative estimate of drug-likeness (QED) is 0.815. The molecule has 2 aromatic heterocycles. The summed E-state index contributed by atoms with van der Waals surface area (Å²) in [4.78, 5) is 12.7. The van der Waals surface area contributed by atoms with E-state index in [2.05, 4.69) is 5.32 Å². The Morgan fingerprint density at radius 1 is 1.50 bits per heavy atom. The van der Waals surface area contributed by atoms with Crippen molar-refractivity contribution in [3.8, 4) is 0 Å². The summed E-state index contributed by atoms with van der Waals surface area (Å²) in [5.41, 5.74) is 1.03. The molecule has 0 aliphatic carbocycles. The number of amides is 1. The van der Waals surface area contributed by atoms with E-state index in [-0.39, 0.29) is 12.0 Å². The van der Waals surface area contributed by atoms with Crippen LogP contribution < -0.4 is 5.32 Å². The Balaban J connectivity index is 1.85. The van der Waals surface area contributed by atoms with Gasteiger partial charge >= 0.3 is 0 Å². The normalized spacial score (nSPS) is 12.7. The smallest absolute Gasteiger partial charge is 0.244 e. The number of halogens is 1. The van der Waals surface area contributed by atoms with Gasteiger partial charge in [-0.2, -0.15) is 11.3 Å². The fourth-order valence-electron chi connectivity index (χ4n) is 1.60. The largest absolute Gasteiger partial charge is 0.374 e. The summed E-state index contributed by atoms with van der Waals surface area (Å²) in [6.07, 6.45) is 3.14. The molecule has 0 radical (unpaired) electrons. The lowest BCUT2D eigenvalue weighted by atomic mass is 10.2. The van der Waals surface area contributed by atoms with Crippen LogP contribution in [0.25, 0.3) is 6.08 Å². The lowest BCUT2D eigenvalue weighted by Crippen LogP contribution is -2.27. The predicted molar refractivity (Wildman–Crippen MR) is 85.4 cm³/mol. The zero-order valence-corrected chi connectivity index (χ0v) is 13.2. The fourth-order valence-corrected chi connectivity index (χ4v) is 3.36. The Bertz CT molecular complexity index is 578. The highest BCUT2D eigenvalue weighted by Crippen LogP contribution is 2.28. The summed E-state index contributed by atoms with van der Waals surface area (Å²) < 4.78 is 6.08. The number of ether oxygens (including phenoxy) is 1. The molecule has 0 aliphatic rings. The maximum Gasteiger partial charge on any atom is 0.244 e. The minimum absolute atomic E-state index is 0.138. The van der Waals surface area contributed by atoms with Crippen LogP contribution in [0.4, 0.5) is 0 Å². The molecular formula is C14H14ClNO2S2. The third-order valence-corrected chi connectivity index (χ3v) is 4.65. The molecule has 0 aromatic carbocycles. The first-order valence-electron chi connectivity index (χ1n) is 5.95. The average molecular weight is 328 g/mol. The van der Waals surface area contributed by atoms with Crippen LogP contribution in [0, 0.1) is 0 Å². The van der Waals surface area contributed by atoms with Crippen LogP contribution in [0.3, 0.4) is 0 Å². The minimum Gasteiger partial charge on any atom is -0.374 e. The molecule has 6 heteroatoms. The summed E-state index contributed by atoms with van der Waals surface area (Å²) in [6, 6.07) is 5.69. The number of rotatable bonds is 6. The number of carbonyl (C=O) groups is 1. The van der Waals surface area contributed by atoms with Crippen LogP contribution in [0.1, 0.15) is 16.5 Å². The summed E-state index contributed by atoms with van der Waals surface area (Å²) in [7, 11) is 1.62. The third kappa shape index (κ3) is 4.45.